The average Bonchev–Trinajstić information content (AvgIpc) is 2.83. The van der Waals surface area contributed by atoms with Crippen LogP contribution in [-0.2, 0) is 21.0 Å². The SMILES string of the molecule is CC(C)(C)c1cnc(CS(=O)(=O)c2ccc3c(c2)OCCCO3)o1. The zero-order valence-corrected chi connectivity index (χ0v) is 14.9. The van der Waals surface area contributed by atoms with E-state index in [-0.39, 0.29) is 22.0 Å². The maximum Gasteiger partial charge on any atom is 0.209 e. The molecule has 0 amide bonds. The Morgan fingerprint density at radius 3 is 2.50 bits per heavy atom. The second kappa shape index (κ2) is 6.12. The van der Waals surface area contributed by atoms with E-state index in [1.54, 1.807) is 12.3 Å². The largest absolute Gasteiger partial charge is 0.490 e. The summed E-state index contributed by atoms with van der Waals surface area (Å²) >= 11 is 0. The first-order valence-electron chi connectivity index (χ1n) is 7.83. The third kappa shape index (κ3) is 3.56. The Labute approximate surface area is 141 Å². The quantitative estimate of drug-likeness (QED) is 0.845. The monoisotopic (exact) mass is 351 g/mol. The van der Waals surface area contributed by atoms with Gasteiger partial charge in [-0.25, -0.2) is 13.4 Å². The molecule has 0 spiro atoms. The smallest absolute Gasteiger partial charge is 0.209 e. The molecule has 0 N–H and O–H groups in total. The summed E-state index contributed by atoms with van der Waals surface area (Å²) in [5, 5.41) is 0. The molecule has 1 aliphatic rings. The van der Waals surface area contributed by atoms with E-state index in [9.17, 15) is 8.42 Å². The summed E-state index contributed by atoms with van der Waals surface area (Å²) in [6.07, 6.45) is 2.35. The van der Waals surface area contributed by atoms with Crippen LogP contribution in [-0.4, -0.2) is 26.6 Å². The van der Waals surface area contributed by atoms with Crippen molar-refractivity contribution in [1.29, 1.82) is 0 Å². The number of hydrogen-bond donors (Lipinski definition) is 0. The maximum absolute atomic E-state index is 12.6. The van der Waals surface area contributed by atoms with E-state index in [1.165, 1.54) is 12.1 Å². The van der Waals surface area contributed by atoms with E-state index in [0.717, 1.165) is 6.42 Å². The molecule has 130 valence electrons. The Morgan fingerprint density at radius 2 is 1.83 bits per heavy atom. The lowest BCUT2D eigenvalue weighted by molar-refractivity contribution is 0.297. The van der Waals surface area contributed by atoms with Crippen LogP contribution in [0.25, 0.3) is 0 Å². The van der Waals surface area contributed by atoms with Crippen molar-refractivity contribution in [3.8, 4) is 11.5 Å². The normalized spacial score (nSPS) is 15.1. The molecule has 0 aliphatic carbocycles. The molecule has 0 saturated heterocycles. The van der Waals surface area contributed by atoms with Gasteiger partial charge >= 0.3 is 0 Å². The van der Waals surface area contributed by atoms with Crippen LogP contribution in [0.4, 0.5) is 0 Å². The van der Waals surface area contributed by atoms with Crippen LogP contribution in [0.2, 0.25) is 0 Å². The molecule has 0 unspecified atom stereocenters. The third-order valence-corrected chi connectivity index (χ3v) is 5.28. The molecule has 0 radical (unpaired) electrons. The highest BCUT2D eigenvalue weighted by atomic mass is 32.2. The Hall–Kier alpha value is -2.02. The highest BCUT2D eigenvalue weighted by Crippen LogP contribution is 2.33. The van der Waals surface area contributed by atoms with Gasteiger partial charge in [0.25, 0.3) is 0 Å². The highest BCUT2D eigenvalue weighted by Gasteiger charge is 2.24. The fourth-order valence-corrected chi connectivity index (χ4v) is 3.49. The van der Waals surface area contributed by atoms with Crippen molar-refractivity contribution in [1.82, 2.24) is 4.98 Å². The van der Waals surface area contributed by atoms with Crippen LogP contribution in [0, 0.1) is 0 Å². The van der Waals surface area contributed by atoms with Gasteiger partial charge in [-0.3, -0.25) is 0 Å². The van der Waals surface area contributed by atoms with Crippen LogP contribution in [0.1, 0.15) is 38.8 Å². The number of hydrogen-bond acceptors (Lipinski definition) is 6. The van der Waals surface area contributed by atoms with Crippen LogP contribution in [0.15, 0.2) is 33.7 Å². The molecular weight excluding hydrogens is 330 g/mol. The number of sulfone groups is 1. The predicted octanol–water partition coefficient (Wildman–Crippen LogP) is 3.11. The standard InChI is InChI=1S/C17H21NO5S/c1-17(2,3)15-10-18-16(23-15)11-24(19,20)12-5-6-13-14(9-12)22-8-4-7-21-13/h5-6,9-10H,4,7-8,11H2,1-3H3. The van der Waals surface area contributed by atoms with Crippen molar-refractivity contribution in [3.63, 3.8) is 0 Å². The number of aromatic nitrogens is 1. The molecular formula is C17H21NO5S. The van der Waals surface area contributed by atoms with Crippen LogP contribution >= 0.6 is 0 Å². The molecule has 24 heavy (non-hydrogen) atoms. The first-order chi connectivity index (χ1) is 11.3. The Bertz CT molecular complexity index is 833. The van der Waals surface area contributed by atoms with Crippen LogP contribution in [0.5, 0.6) is 11.5 Å². The zero-order valence-electron chi connectivity index (χ0n) is 14.0. The third-order valence-electron chi connectivity index (χ3n) is 3.68. The van der Waals surface area contributed by atoms with Gasteiger partial charge in [0.05, 0.1) is 24.3 Å². The molecule has 0 saturated carbocycles. The van der Waals surface area contributed by atoms with E-state index >= 15 is 0 Å². The Kier molecular flexibility index (Phi) is 4.29. The lowest BCUT2D eigenvalue weighted by atomic mass is 9.94. The van der Waals surface area contributed by atoms with E-state index in [2.05, 4.69) is 4.98 Å². The second-order valence-electron chi connectivity index (χ2n) is 6.79. The topological polar surface area (TPSA) is 78.6 Å². The summed E-state index contributed by atoms with van der Waals surface area (Å²) in [4.78, 5) is 4.26. The molecule has 6 nitrogen and oxygen atoms in total. The van der Waals surface area contributed by atoms with Crippen molar-refractivity contribution >= 4 is 9.84 Å². The maximum atomic E-state index is 12.6. The number of oxazole rings is 1. The first kappa shape index (κ1) is 16.8. The molecule has 1 aromatic carbocycles. The number of fused-ring (bicyclic) bond motifs is 1. The molecule has 3 rings (SSSR count). The summed E-state index contributed by atoms with van der Waals surface area (Å²) in [6, 6.07) is 4.66. The number of nitrogens with zero attached hydrogens (tertiary/aromatic N) is 1. The minimum atomic E-state index is -3.58. The van der Waals surface area contributed by atoms with Crippen molar-refractivity contribution < 1.29 is 22.3 Å². The van der Waals surface area contributed by atoms with Gasteiger partial charge in [0.1, 0.15) is 11.5 Å². The van der Waals surface area contributed by atoms with Gasteiger partial charge in [-0.15, -0.1) is 0 Å². The summed E-state index contributed by atoms with van der Waals surface area (Å²) in [6.45, 7) is 7.01. The Morgan fingerprint density at radius 1 is 1.12 bits per heavy atom. The van der Waals surface area contributed by atoms with Gasteiger partial charge in [-0.05, 0) is 12.1 Å². The zero-order chi connectivity index (χ0) is 17.4. The molecule has 1 aromatic heterocycles. The van der Waals surface area contributed by atoms with Gasteiger partial charge < -0.3 is 13.9 Å². The van der Waals surface area contributed by atoms with E-state index in [4.69, 9.17) is 13.9 Å². The van der Waals surface area contributed by atoms with Crippen LogP contribution in [0.3, 0.4) is 0 Å². The van der Waals surface area contributed by atoms with E-state index in [0.29, 0.717) is 30.5 Å². The highest BCUT2D eigenvalue weighted by molar-refractivity contribution is 7.90. The van der Waals surface area contributed by atoms with E-state index in [1.807, 2.05) is 20.8 Å². The predicted molar refractivity (Wildman–Crippen MR) is 88.1 cm³/mol. The molecule has 0 fully saturated rings. The van der Waals surface area contributed by atoms with Gasteiger partial charge in [-0.1, -0.05) is 20.8 Å². The molecule has 7 heteroatoms. The van der Waals surface area contributed by atoms with E-state index < -0.39 is 9.84 Å². The van der Waals surface area contributed by atoms with Crippen molar-refractivity contribution in [2.45, 2.75) is 43.3 Å². The lowest BCUT2D eigenvalue weighted by Gasteiger charge is -2.13. The van der Waals surface area contributed by atoms with Crippen molar-refractivity contribution in [2.24, 2.45) is 0 Å². The molecule has 1 aliphatic heterocycles. The second-order valence-corrected chi connectivity index (χ2v) is 8.78. The fraction of sp³-hybridized carbons (Fsp3) is 0.471. The van der Waals surface area contributed by atoms with Crippen LogP contribution < -0.4 is 9.47 Å². The van der Waals surface area contributed by atoms with Gasteiger partial charge in [0, 0.05) is 17.9 Å². The summed E-state index contributed by atoms with van der Waals surface area (Å²) < 4.78 is 41.9. The number of benzene rings is 1. The number of rotatable bonds is 3. The lowest BCUT2D eigenvalue weighted by Crippen LogP contribution is -2.09. The fourth-order valence-electron chi connectivity index (χ4n) is 2.31. The van der Waals surface area contributed by atoms with Crippen molar-refractivity contribution in [2.75, 3.05) is 13.2 Å². The molecule has 0 atom stereocenters. The number of ether oxygens (including phenoxy) is 2. The summed E-state index contributed by atoms with van der Waals surface area (Å²) in [5.74, 6) is 1.58. The molecule has 2 aromatic rings. The summed E-state index contributed by atoms with van der Waals surface area (Å²) in [7, 11) is -3.58. The Balaban J connectivity index is 1.85. The van der Waals surface area contributed by atoms with Gasteiger partial charge in [-0.2, -0.15) is 0 Å². The minimum Gasteiger partial charge on any atom is -0.490 e. The molecule has 2 heterocycles. The average molecular weight is 351 g/mol. The molecule has 0 bridgehead atoms. The van der Waals surface area contributed by atoms with Crippen molar-refractivity contribution in [3.05, 3.63) is 36.0 Å². The minimum absolute atomic E-state index is 0.169. The van der Waals surface area contributed by atoms with Gasteiger partial charge in [0.2, 0.25) is 5.89 Å². The summed E-state index contributed by atoms with van der Waals surface area (Å²) in [5.41, 5.74) is -0.218. The first-order valence-corrected chi connectivity index (χ1v) is 9.48. The van der Waals surface area contributed by atoms with Gasteiger partial charge in [0.15, 0.2) is 21.3 Å².